The van der Waals surface area contributed by atoms with Gasteiger partial charge in [0.2, 0.25) is 0 Å². The van der Waals surface area contributed by atoms with Crippen LogP contribution in [0.4, 0.5) is 0 Å². The molecule has 0 radical (unpaired) electrons. The first kappa shape index (κ1) is 12.9. The van der Waals surface area contributed by atoms with Crippen LogP contribution in [-0.2, 0) is 0 Å². The van der Waals surface area contributed by atoms with Gasteiger partial charge in [-0.25, -0.2) is 0 Å². The van der Waals surface area contributed by atoms with Gasteiger partial charge in [-0.15, -0.1) is 0 Å². The molecule has 2 aliphatic rings. The van der Waals surface area contributed by atoms with Crippen LogP contribution in [0.2, 0.25) is 0 Å². The molecule has 2 rings (SSSR count). The Morgan fingerprint density at radius 2 is 2.00 bits per heavy atom. The minimum absolute atomic E-state index is 0.400. The summed E-state index contributed by atoms with van der Waals surface area (Å²) in [6.45, 7) is 4.49. The molecule has 2 aliphatic carbocycles. The van der Waals surface area contributed by atoms with Crippen molar-refractivity contribution in [3.05, 3.63) is 0 Å². The summed E-state index contributed by atoms with van der Waals surface area (Å²) in [4.78, 5) is 0. The Morgan fingerprint density at radius 3 is 2.47 bits per heavy atom. The fourth-order valence-electron chi connectivity index (χ4n) is 3.88. The number of rotatable bonds is 3. The van der Waals surface area contributed by atoms with Crippen LogP contribution in [0, 0.1) is 28.6 Å². The van der Waals surface area contributed by atoms with E-state index < -0.39 is 11.0 Å². The zero-order chi connectivity index (χ0) is 12.5. The standard InChI is InChI=1S/C15H25NO/c1-12(2)9-13-5-3-8-15(17,10-13)14(11-16)6-4-7-14/h12-13,17H,3-10H2,1-2H3. The molecule has 0 spiro atoms. The zero-order valence-corrected chi connectivity index (χ0v) is 11.2. The van der Waals surface area contributed by atoms with Crippen LogP contribution in [-0.4, -0.2) is 10.7 Å². The number of nitrogens with zero attached hydrogens (tertiary/aromatic N) is 1. The molecule has 0 aromatic rings. The summed E-state index contributed by atoms with van der Waals surface area (Å²) in [6, 6.07) is 2.45. The zero-order valence-electron chi connectivity index (χ0n) is 11.2. The Morgan fingerprint density at radius 1 is 1.29 bits per heavy atom. The van der Waals surface area contributed by atoms with Crippen LogP contribution in [0.5, 0.6) is 0 Å². The fourth-order valence-corrected chi connectivity index (χ4v) is 3.88. The summed E-state index contributed by atoms with van der Waals surface area (Å²) in [5, 5.41) is 20.3. The third kappa shape index (κ3) is 2.22. The molecule has 0 bridgehead atoms. The van der Waals surface area contributed by atoms with E-state index in [1.807, 2.05) is 0 Å². The molecule has 0 heterocycles. The Balaban J connectivity index is 2.07. The first-order valence-electron chi connectivity index (χ1n) is 7.15. The highest BCUT2D eigenvalue weighted by atomic mass is 16.3. The van der Waals surface area contributed by atoms with Crippen molar-refractivity contribution in [2.75, 3.05) is 0 Å². The SMILES string of the molecule is CC(C)CC1CCCC(O)(C2(C#N)CCC2)C1. The molecule has 0 amide bonds. The van der Waals surface area contributed by atoms with Crippen LogP contribution < -0.4 is 0 Å². The van der Waals surface area contributed by atoms with E-state index in [9.17, 15) is 10.4 Å². The molecule has 2 unspecified atom stereocenters. The lowest BCUT2D eigenvalue weighted by Gasteiger charge is -2.52. The van der Waals surface area contributed by atoms with E-state index in [2.05, 4.69) is 19.9 Å². The van der Waals surface area contributed by atoms with Gasteiger partial charge in [0.15, 0.2) is 0 Å². The minimum atomic E-state index is -0.683. The van der Waals surface area contributed by atoms with Crippen molar-refractivity contribution in [1.29, 1.82) is 5.26 Å². The topological polar surface area (TPSA) is 44.0 Å². The van der Waals surface area contributed by atoms with Gasteiger partial charge in [0, 0.05) is 0 Å². The van der Waals surface area contributed by atoms with E-state index in [0.717, 1.165) is 38.5 Å². The van der Waals surface area contributed by atoms with Gasteiger partial charge in [-0.1, -0.05) is 33.1 Å². The van der Waals surface area contributed by atoms with Gasteiger partial charge in [-0.3, -0.25) is 0 Å². The predicted molar refractivity (Wildman–Crippen MR) is 68.3 cm³/mol. The lowest BCUT2D eigenvalue weighted by atomic mass is 9.54. The smallest absolute Gasteiger partial charge is 0.0860 e. The maximum Gasteiger partial charge on any atom is 0.0860 e. The van der Waals surface area contributed by atoms with Crippen molar-refractivity contribution in [3.63, 3.8) is 0 Å². The van der Waals surface area contributed by atoms with E-state index in [1.54, 1.807) is 0 Å². The average Bonchev–Trinajstić information content (AvgIpc) is 2.14. The molecule has 1 N–H and O–H groups in total. The molecular formula is C15H25NO. The third-order valence-corrected chi connectivity index (χ3v) is 4.95. The van der Waals surface area contributed by atoms with Gasteiger partial charge in [-0.2, -0.15) is 5.26 Å². The normalized spacial score (nSPS) is 36.3. The highest BCUT2D eigenvalue weighted by Crippen LogP contribution is 2.55. The molecule has 0 aromatic heterocycles. The maximum atomic E-state index is 10.9. The quantitative estimate of drug-likeness (QED) is 0.811. The number of hydrogen-bond acceptors (Lipinski definition) is 2. The van der Waals surface area contributed by atoms with Crippen molar-refractivity contribution in [1.82, 2.24) is 0 Å². The molecule has 2 fully saturated rings. The van der Waals surface area contributed by atoms with Crippen LogP contribution in [0.15, 0.2) is 0 Å². The molecule has 17 heavy (non-hydrogen) atoms. The highest BCUT2D eigenvalue weighted by molar-refractivity contribution is 5.16. The molecule has 2 atom stereocenters. The van der Waals surface area contributed by atoms with Crippen molar-refractivity contribution in [2.24, 2.45) is 17.3 Å². The summed E-state index contributed by atoms with van der Waals surface area (Å²) in [7, 11) is 0. The van der Waals surface area contributed by atoms with Gasteiger partial charge in [0.25, 0.3) is 0 Å². The highest BCUT2D eigenvalue weighted by Gasteiger charge is 2.55. The molecule has 0 saturated heterocycles. The number of hydrogen-bond donors (Lipinski definition) is 1. The van der Waals surface area contributed by atoms with Crippen LogP contribution in [0.25, 0.3) is 0 Å². The lowest BCUT2D eigenvalue weighted by Crippen LogP contribution is -2.54. The van der Waals surface area contributed by atoms with Crippen LogP contribution in [0.3, 0.4) is 0 Å². The summed E-state index contributed by atoms with van der Waals surface area (Å²) in [5.74, 6) is 1.32. The predicted octanol–water partition coefficient (Wildman–Crippen LogP) is 3.65. The second kappa shape index (κ2) is 4.61. The fraction of sp³-hybridized carbons (Fsp3) is 0.933. The summed E-state index contributed by atoms with van der Waals surface area (Å²) < 4.78 is 0. The Hall–Kier alpha value is -0.550. The van der Waals surface area contributed by atoms with E-state index in [-0.39, 0.29) is 0 Å². The van der Waals surface area contributed by atoms with Crippen LogP contribution in [0.1, 0.15) is 65.2 Å². The molecule has 0 aliphatic heterocycles. The molecule has 2 heteroatoms. The van der Waals surface area contributed by atoms with Gasteiger partial charge in [0.1, 0.15) is 0 Å². The third-order valence-electron chi connectivity index (χ3n) is 4.95. The summed E-state index contributed by atoms with van der Waals surface area (Å²) in [6.07, 6.45) is 8.17. The monoisotopic (exact) mass is 235 g/mol. The summed E-state index contributed by atoms with van der Waals surface area (Å²) >= 11 is 0. The number of nitriles is 1. The van der Waals surface area contributed by atoms with Crippen LogP contribution >= 0.6 is 0 Å². The maximum absolute atomic E-state index is 10.9. The summed E-state index contributed by atoms with van der Waals surface area (Å²) in [5.41, 5.74) is -1.08. The molecule has 2 nitrogen and oxygen atoms in total. The molecule has 0 aromatic carbocycles. The first-order chi connectivity index (χ1) is 8.01. The van der Waals surface area contributed by atoms with E-state index >= 15 is 0 Å². The Kier molecular flexibility index (Phi) is 3.50. The molecular weight excluding hydrogens is 210 g/mol. The average molecular weight is 235 g/mol. The second-order valence-corrected chi connectivity index (χ2v) is 6.67. The van der Waals surface area contributed by atoms with Gasteiger partial charge < -0.3 is 5.11 Å². The molecule has 96 valence electrons. The van der Waals surface area contributed by atoms with Crippen molar-refractivity contribution in [3.8, 4) is 6.07 Å². The largest absolute Gasteiger partial charge is 0.388 e. The van der Waals surface area contributed by atoms with E-state index in [4.69, 9.17) is 0 Å². The minimum Gasteiger partial charge on any atom is -0.388 e. The van der Waals surface area contributed by atoms with E-state index in [1.165, 1.54) is 12.8 Å². The van der Waals surface area contributed by atoms with Gasteiger partial charge in [-0.05, 0) is 43.9 Å². The van der Waals surface area contributed by atoms with Crippen molar-refractivity contribution >= 4 is 0 Å². The molecule has 2 saturated carbocycles. The lowest BCUT2D eigenvalue weighted by molar-refractivity contribution is -0.129. The first-order valence-corrected chi connectivity index (χ1v) is 7.15. The van der Waals surface area contributed by atoms with Crippen molar-refractivity contribution in [2.45, 2.75) is 70.8 Å². The Bertz CT molecular complexity index is 313. The van der Waals surface area contributed by atoms with E-state index in [0.29, 0.717) is 11.8 Å². The van der Waals surface area contributed by atoms with Crippen molar-refractivity contribution < 1.29 is 5.11 Å². The Labute approximate surface area is 105 Å². The second-order valence-electron chi connectivity index (χ2n) is 6.67. The van der Waals surface area contributed by atoms with Gasteiger partial charge in [0.05, 0.1) is 17.1 Å². The number of aliphatic hydroxyl groups is 1. The van der Waals surface area contributed by atoms with Gasteiger partial charge >= 0.3 is 0 Å².